The maximum Gasteiger partial charge on any atom is 0.238 e. The molecule has 0 radical (unpaired) electrons. The minimum atomic E-state index is -0.860. The van der Waals surface area contributed by atoms with E-state index in [0.717, 1.165) is 11.3 Å². The zero-order valence-corrected chi connectivity index (χ0v) is 11.8. The smallest absolute Gasteiger partial charge is 0.238 e. The van der Waals surface area contributed by atoms with Gasteiger partial charge in [0.1, 0.15) is 0 Å². The zero-order valence-electron chi connectivity index (χ0n) is 11.0. The molecule has 0 aliphatic carbocycles. The second-order valence-corrected chi connectivity index (χ2v) is 6.16. The van der Waals surface area contributed by atoms with E-state index < -0.39 is 10.8 Å². The predicted octanol–water partition coefficient (Wildman–Crippen LogP) is 1.29. The van der Waals surface area contributed by atoms with Gasteiger partial charge < -0.3 is 10.6 Å². The predicted molar refractivity (Wildman–Crippen MR) is 76.2 cm³/mol. The second kappa shape index (κ2) is 7.28. The summed E-state index contributed by atoms with van der Waals surface area (Å²) < 4.78 is 11.1. The van der Waals surface area contributed by atoms with Crippen LogP contribution in [0.1, 0.15) is 12.5 Å². The third kappa shape index (κ3) is 5.42. The number of anilines is 1. The van der Waals surface area contributed by atoms with Crippen LogP contribution in [0.2, 0.25) is 0 Å². The van der Waals surface area contributed by atoms with Gasteiger partial charge in [0.2, 0.25) is 5.91 Å². The van der Waals surface area contributed by atoms with Crippen LogP contribution in [0.25, 0.3) is 0 Å². The first-order valence-electron chi connectivity index (χ1n) is 5.88. The molecule has 1 amide bonds. The number of nitrogens with one attached hydrogen (secondary N) is 2. The van der Waals surface area contributed by atoms with E-state index >= 15 is 0 Å². The summed E-state index contributed by atoms with van der Waals surface area (Å²) in [4.78, 5) is 11.6. The summed E-state index contributed by atoms with van der Waals surface area (Å²) in [5.41, 5.74) is 1.95. The van der Waals surface area contributed by atoms with E-state index in [9.17, 15) is 9.00 Å². The summed E-state index contributed by atoms with van der Waals surface area (Å²) in [5, 5.41) is 5.84. The fraction of sp³-hybridized carbons (Fsp3) is 0.462. The van der Waals surface area contributed by atoms with Gasteiger partial charge in [-0.1, -0.05) is 17.7 Å². The summed E-state index contributed by atoms with van der Waals surface area (Å²) in [5.74, 6) is -0.0899. The van der Waals surface area contributed by atoms with Gasteiger partial charge in [-0.15, -0.1) is 0 Å². The summed E-state index contributed by atoms with van der Waals surface area (Å²) in [6, 6.07) is 7.64. The minimum Gasteiger partial charge on any atom is -0.325 e. The number of hydrogen-bond acceptors (Lipinski definition) is 3. The van der Waals surface area contributed by atoms with Gasteiger partial charge in [0, 0.05) is 34.5 Å². The molecule has 4 nitrogen and oxygen atoms in total. The van der Waals surface area contributed by atoms with E-state index in [1.807, 2.05) is 38.1 Å². The van der Waals surface area contributed by atoms with Gasteiger partial charge in [-0.2, -0.15) is 0 Å². The van der Waals surface area contributed by atoms with Crippen molar-refractivity contribution in [3.05, 3.63) is 29.8 Å². The Labute approximate surface area is 111 Å². The third-order valence-electron chi connectivity index (χ3n) is 2.62. The molecule has 0 saturated heterocycles. The number of carbonyl (C=O) groups is 1. The largest absolute Gasteiger partial charge is 0.325 e. The molecule has 5 heteroatoms. The monoisotopic (exact) mass is 268 g/mol. The Morgan fingerprint density at radius 1 is 1.33 bits per heavy atom. The molecule has 2 atom stereocenters. The quantitative estimate of drug-likeness (QED) is 0.817. The Hall–Kier alpha value is -1.20. The zero-order chi connectivity index (χ0) is 13.5. The van der Waals surface area contributed by atoms with Crippen LogP contribution in [0.3, 0.4) is 0 Å². The molecule has 0 saturated carbocycles. The molecule has 100 valence electrons. The topological polar surface area (TPSA) is 58.2 Å². The van der Waals surface area contributed by atoms with Crippen molar-refractivity contribution < 1.29 is 9.00 Å². The summed E-state index contributed by atoms with van der Waals surface area (Å²) in [6.07, 6.45) is 1.67. The molecule has 0 aliphatic heterocycles. The highest BCUT2D eigenvalue weighted by atomic mass is 32.2. The van der Waals surface area contributed by atoms with Gasteiger partial charge in [-0.05, 0) is 26.0 Å². The first kappa shape index (κ1) is 14.9. The molecule has 1 aromatic carbocycles. The maximum absolute atomic E-state index is 11.6. The first-order valence-corrected chi connectivity index (χ1v) is 7.50. The van der Waals surface area contributed by atoms with E-state index in [4.69, 9.17) is 0 Å². The number of aryl methyl sites for hydroxylation is 1. The van der Waals surface area contributed by atoms with Crippen molar-refractivity contribution in [1.29, 1.82) is 0 Å². The Morgan fingerprint density at radius 3 is 2.50 bits per heavy atom. The van der Waals surface area contributed by atoms with Crippen molar-refractivity contribution in [1.82, 2.24) is 5.32 Å². The van der Waals surface area contributed by atoms with Gasteiger partial charge in [-0.25, -0.2) is 0 Å². The lowest BCUT2D eigenvalue weighted by molar-refractivity contribution is -0.115. The van der Waals surface area contributed by atoms with E-state index in [1.54, 1.807) is 6.26 Å². The van der Waals surface area contributed by atoms with Gasteiger partial charge in [-0.3, -0.25) is 9.00 Å². The van der Waals surface area contributed by atoms with Crippen molar-refractivity contribution in [2.45, 2.75) is 19.1 Å². The number of carbonyl (C=O) groups excluding carboxylic acids is 1. The molecule has 2 unspecified atom stereocenters. The molecule has 1 rings (SSSR count). The Morgan fingerprint density at radius 2 is 1.94 bits per heavy atom. The molecule has 0 aromatic heterocycles. The highest BCUT2D eigenvalue weighted by molar-refractivity contribution is 7.84. The van der Waals surface area contributed by atoms with Crippen molar-refractivity contribution in [2.75, 3.05) is 24.7 Å². The Balaban J connectivity index is 2.30. The van der Waals surface area contributed by atoms with Crippen molar-refractivity contribution in [3.8, 4) is 0 Å². The summed E-state index contributed by atoms with van der Waals surface area (Å²) in [7, 11) is -0.860. The Bertz CT molecular complexity index is 418. The van der Waals surface area contributed by atoms with Crippen LogP contribution in [0.5, 0.6) is 0 Å². The summed E-state index contributed by atoms with van der Waals surface area (Å²) in [6.45, 7) is 4.69. The van der Waals surface area contributed by atoms with Crippen LogP contribution in [-0.4, -0.2) is 34.7 Å². The molecular formula is C13H20N2O2S. The average molecular weight is 268 g/mol. The molecule has 18 heavy (non-hydrogen) atoms. The van der Waals surface area contributed by atoms with Gasteiger partial charge in [0.25, 0.3) is 0 Å². The number of rotatable bonds is 6. The second-order valence-electron chi connectivity index (χ2n) is 4.35. The molecule has 0 bridgehead atoms. The Kier molecular flexibility index (Phi) is 6.01. The van der Waals surface area contributed by atoms with Gasteiger partial charge in [0.15, 0.2) is 0 Å². The summed E-state index contributed by atoms with van der Waals surface area (Å²) >= 11 is 0. The van der Waals surface area contributed by atoms with Crippen molar-refractivity contribution in [3.63, 3.8) is 0 Å². The highest BCUT2D eigenvalue weighted by Gasteiger charge is 2.07. The lowest BCUT2D eigenvalue weighted by Crippen LogP contribution is -2.34. The van der Waals surface area contributed by atoms with Crippen LogP contribution in [0.4, 0.5) is 5.69 Å². The van der Waals surface area contributed by atoms with Crippen molar-refractivity contribution in [2.24, 2.45) is 0 Å². The van der Waals surface area contributed by atoms with Gasteiger partial charge >= 0.3 is 0 Å². The third-order valence-corrected chi connectivity index (χ3v) is 3.92. The molecule has 0 heterocycles. The van der Waals surface area contributed by atoms with Crippen LogP contribution < -0.4 is 10.6 Å². The van der Waals surface area contributed by atoms with E-state index in [-0.39, 0.29) is 17.7 Å². The molecule has 2 N–H and O–H groups in total. The molecule has 0 spiro atoms. The molecule has 0 aliphatic rings. The number of amides is 1. The maximum atomic E-state index is 11.6. The van der Waals surface area contributed by atoms with Crippen LogP contribution in [0, 0.1) is 6.92 Å². The van der Waals surface area contributed by atoms with Crippen LogP contribution >= 0.6 is 0 Å². The fourth-order valence-corrected chi connectivity index (χ4v) is 1.70. The minimum absolute atomic E-state index is 0.0529. The highest BCUT2D eigenvalue weighted by Crippen LogP contribution is 2.07. The number of hydrogen-bond donors (Lipinski definition) is 2. The molecular weight excluding hydrogens is 248 g/mol. The average Bonchev–Trinajstić information content (AvgIpc) is 2.32. The standard InChI is InChI=1S/C13H20N2O2S/c1-10-4-6-12(7-5-10)15-13(16)9-14-8-11(2)18(3)17/h4-7,11,14H,8-9H2,1-3H3,(H,15,16). The number of benzene rings is 1. The van der Waals surface area contributed by atoms with E-state index in [2.05, 4.69) is 10.6 Å². The van der Waals surface area contributed by atoms with Gasteiger partial charge in [0.05, 0.1) is 6.54 Å². The van der Waals surface area contributed by atoms with Crippen LogP contribution in [-0.2, 0) is 15.6 Å². The van der Waals surface area contributed by atoms with Crippen molar-refractivity contribution >= 4 is 22.4 Å². The molecule has 0 fully saturated rings. The SMILES string of the molecule is Cc1ccc(NC(=O)CNCC(C)S(C)=O)cc1. The lowest BCUT2D eigenvalue weighted by Gasteiger charge is -2.10. The first-order chi connectivity index (χ1) is 8.49. The molecule has 1 aromatic rings. The normalized spacial score (nSPS) is 13.9. The fourth-order valence-electron chi connectivity index (χ4n) is 1.35. The van der Waals surface area contributed by atoms with Crippen LogP contribution in [0.15, 0.2) is 24.3 Å². The van der Waals surface area contributed by atoms with E-state index in [1.165, 1.54) is 0 Å². The van der Waals surface area contributed by atoms with E-state index in [0.29, 0.717) is 6.54 Å². The lowest BCUT2D eigenvalue weighted by atomic mass is 10.2.